The fraction of sp³-hybridized carbons (Fsp3) is 0.238. The Labute approximate surface area is 158 Å². The number of benzene rings is 2. The largest absolute Gasteiger partial charge is 0.341 e. The Morgan fingerprint density at radius 3 is 2.67 bits per heavy atom. The number of aryl methyl sites for hydroxylation is 1. The number of halogens is 1. The van der Waals surface area contributed by atoms with Crippen molar-refractivity contribution in [1.29, 1.82) is 0 Å². The molecule has 1 aromatic heterocycles. The smallest absolute Gasteiger partial charge is 0.235 e. The number of hydrogen-bond donors (Lipinski definition) is 1. The number of nitrogens with zero attached hydrogens (tertiary/aromatic N) is 3. The molecule has 0 fully saturated rings. The first-order valence-corrected chi connectivity index (χ1v) is 8.77. The molecule has 5 nitrogen and oxygen atoms in total. The van der Waals surface area contributed by atoms with Gasteiger partial charge in [-0.1, -0.05) is 42.5 Å². The third-order valence-electron chi connectivity index (χ3n) is 4.31. The van der Waals surface area contributed by atoms with E-state index in [1.165, 1.54) is 12.1 Å². The highest BCUT2D eigenvalue weighted by molar-refractivity contribution is 5.78. The van der Waals surface area contributed by atoms with Crippen molar-refractivity contribution in [3.63, 3.8) is 0 Å². The van der Waals surface area contributed by atoms with Crippen LogP contribution in [0.5, 0.6) is 0 Å². The molecule has 0 saturated carbocycles. The maximum atomic E-state index is 13.7. The summed E-state index contributed by atoms with van der Waals surface area (Å²) in [5.74, 6) is 0.160. The zero-order valence-corrected chi connectivity index (χ0v) is 15.5. The number of nitrogens with one attached hydrogen (secondary N) is 1. The quantitative estimate of drug-likeness (QED) is 0.700. The molecule has 0 saturated heterocycles. The molecule has 1 unspecified atom stereocenters. The van der Waals surface area contributed by atoms with Gasteiger partial charge in [0.2, 0.25) is 5.91 Å². The minimum Gasteiger partial charge on any atom is -0.341 e. The van der Waals surface area contributed by atoms with Gasteiger partial charge in [0.05, 0.1) is 6.54 Å². The first-order chi connectivity index (χ1) is 13.0. The third-order valence-corrected chi connectivity index (χ3v) is 4.31. The molecule has 0 aliphatic heterocycles. The summed E-state index contributed by atoms with van der Waals surface area (Å²) >= 11 is 0. The van der Waals surface area contributed by atoms with Crippen LogP contribution in [0.4, 0.5) is 4.39 Å². The van der Waals surface area contributed by atoms with Crippen molar-refractivity contribution >= 4 is 5.91 Å². The van der Waals surface area contributed by atoms with Gasteiger partial charge in [0.15, 0.2) is 0 Å². The molecule has 6 heteroatoms. The van der Waals surface area contributed by atoms with Gasteiger partial charge in [-0.2, -0.15) is 0 Å². The Morgan fingerprint density at radius 1 is 1.22 bits per heavy atom. The number of aromatic nitrogens is 2. The summed E-state index contributed by atoms with van der Waals surface area (Å²) < 4.78 is 15.5. The fourth-order valence-corrected chi connectivity index (χ4v) is 3.04. The Balaban J connectivity index is 1.72. The average molecular weight is 366 g/mol. The number of amides is 1. The van der Waals surface area contributed by atoms with E-state index in [1.54, 1.807) is 24.5 Å². The van der Waals surface area contributed by atoms with Gasteiger partial charge < -0.3 is 9.88 Å². The Morgan fingerprint density at radius 2 is 2.00 bits per heavy atom. The summed E-state index contributed by atoms with van der Waals surface area (Å²) in [6.45, 7) is 0.895. The zero-order valence-electron chi connectivity index (χ0n) is 15.5. The van der Waals surface area contributed by atoms with Gasteiger partial charge in [0, 0.05) is 26.0 Å². The second-order valence-corrected chi connectivity index (χ2v) is 6.61. The summed E-state index contributed by atoms with van der Waals surface area (Å²) in [5, 5.41) is 2.99. The lowest BCUT2D eigenvalue weighted by atomic mass is 10.1. The van der Waals surface area contributed by atoms with Crippen LogP contribution in [0.2, 0.25) is 0 Å². The lowest BCUT2D eigenvalue weighted by molar-refractivity contribution is -0.122. The van der Waals surface area contributed by atoms with Crippen molar-refractivity contribution in [3.8, 4) is 0 Å². The number of carbonyl (C=O) groups is 1. The molecular formula is C21H23FN4O. The minimum absolute atomic E-state index is 0.148. The normalized spacial score (nSPS) is 12.1. The topological polar surface area (TPSA) is 50.2 Å². The highest BCUT2D eigenvalue weighted by Crippen LogP contribution is 2.21. The molecule has 1 N–H and O–H groups in total. The Bertz CT molecular complexity index is 894. The van der Waals surface area contributed by atoms with Crippen LogP contribution in [0.3, 0.4) is 0 Å². The van der Waals surface area contributed by atoms with Gasteiger partial charge in [-0.3, -0.25) is 9.69 Å². The van der Waals surface area contributed by atoms with Gasteiger partial charge in [-0.05, 0) is 30.3 Å². The average Bonchev–Trinajstić information content (AvgIpc) is 3.06. The molecule has 1 amide bonds. The SMILES string of the molecule is CN(CC(=O)NC(c1cccc(F)c1)c1nccn1C)Cc1ccccc1. The predicted octanol–water partition coefficient (Wildman–Crippen LogP) is 2.90. The van der Waals surface area contributed by atoms with Crippen molar-refractivity contribution in [2.45, 2.75) is 12.6 Å². The van der Waals surface area contributed by atoms with Gasteiger partial charge >= 0.3 is 0 Å². The lowest BCUT2D eigenvalue weighted by Crippen LogP contribution is -2.38. The standard InChI is InChI=1S/C21H23FN4O/c1-25(14-16-7-4-3-5-8-16)15-19(27)24-20(21-23-11-12-26(21)2)17-9-6-10-18(22)13-17/h3-13,20H,14-15H2,1-2H3,(H,24,27). The molecule has 0 radical (unpaired) electrons. The molecule has 27 heavy (non-hydrogen) atoms. The van der Waals surface area contributed by atoms with E-state index < -0.39 is 6.04 Å². The number of carbonyl (C=O) groups excluding carboxylic acids is 1. The van der Waals surface area contributed by atoms with Crippen LogP contribution in [-0.2, 0) is 18.4 Å². The first kappa shape index (κ1) is 18.8. The molecule has 3 rings (SSSR count). The fourth-order valence-electron chi connectivity index (χ4n) is 3.04. The number of rotatable bonds is 7. The van der Waals surface area contributed by atoms with Gasteiger partial charge in [0.1, 0.15) is 17.7 Å². The first-order valence-electron chi connectivity index (χ1n) is 8.77. The van der Waals surface area contributed by atoms with Crippen molar-refractivity contribution in [3.05, 3.63) is 89.8 Å². The second-order valence-electron chi connectivity index (χ2n) is 6.61. The second kappa shape index (κ2) is 8.60. The molecule has 140 valence electrons. The van der Waals surface area contributed by atoms with E-state index >= 15 is 0 Å². The van der Waals surface area contributed by atoms with E-state index in [2.05, 4.69) is 10.3 Å². The summed E-state index contributed by atoms with van der Waals surface area (Å²) in [4.78, 5) is 18.9. The summed E-state index contributed by atoms with van der Waals surface area (Å²) in [6.07, 6.45) is 3.46. The van der Waals surface area contributed by atoms with Crippen molar-refractivity contribution in [1.82, 2.24) is 19.8 Å². The van der Waals surface area contributed by atoms with Crippen LogP contribution in [0, 0.1) is 5.82 Å². The van der Waals surface area contributed by atoms with Crippen LogP contribution in [-0.4, -0.2) is 34.0 Å². The molecule has 0 spiro atoms. The third kappa shape index (κ3) is 5.01. The van der Waals surface area contributed by atoms with E-state index in [-0.39, 0.29) is 18.3 Å². The molecular weight excluding hydrogens is 343 g/mol. The van der Waals surface area contributed by atoms with E-state index in [4.69, 9.17) is 0 Å². The van der Waals surface area contributed by atoms with E-state index in [0.29, 0.717) is 17.9 Å². The van der Waals surface area contributed by atoms with Crippen LogP contribution >= 0.6 is 0 Å². The van der Waals surface area contributed by atoms with Crippen LogP contribution < -0.4 is 5.32 Å². The molecule has 0 aliphatic carbocycles. The van der Waals surface area contributed by atoms with Crippen LogP contribution in [0.25, 0.3) is 0 Å². The summed E-state index contributed by atoms with van der Waals surface area (Å²) in [7, 11) is 3.74. The Hall–Kier alpha value is -2.99. The maximum Gasteiger partial charge on any atom is 0.235 e. The maximum absolute atomic E-state index is 13.7. The van der Waals surface area contributed by atoms with E-state index in [0.717, 1.165) is 5.56 Å². The predicted molar refractivity (Wildman–Crippen MR) is 102 cm³/mol. The highest BCUT2D eigenvalue weighted by atomic mass is 19.1. The zero-order chi connectivity index (χ0) is 19.2. The molecule has 1 heterocycles. The van der Waals surface area contributed by atoms with Crippen molar-refractivity contribution in [2.24, 2.45) is 7.05 Å². The van der Waals surface area contributed by atoms with Crippen molar-refractivity contribution in [2.75, 3.05) is 13.6 Å². The lowest BCUT2D eigenvalue weighted by Gasteiger charge is -2.22. The number of likely N-dealkylation sites (N-methyl/N-ethyl adjacent to an activating group) is 1. The monoisotopic (exact) mass is 366 g/mol. The van der Waals surface area contributed by atoms with E-state index in [9.17, 15) is 9.18 Å². The van der Waals surface area contributed by atoms with Gasteiger partial charge in [-0.25, -0.2) is 9.37 Å². The number of imidazole rings is 1. The van der Waals surface area contributed by atoms with Gasteiger partial charge in [0.25, 0.3) is 0 Å². The highest BCUT2D eigenvalue weighted by Gasteiger charge is 2.21. The van der Waals surface area contributed by atoms with Crippen molar-refractivity contribution < 1.29 is 9.18 Å². The molecule has 3 aromatic rings. The minimum atomic E-state index is -0.515. The number of hydrogen-bond acceptors (Lipinski definition) is 3. The summed E-state index contributed by atoms with van der Waals surface area (Å²) in [5.41, 5.74) is 1.79. The molecule has 0 bridgehead atoms. The van der Waals surface area contributed by atoms with Crippen LogP contribution in [0.1, 0.15) is 23.0 Å². The Kier molecular flexibility index (Phi) is 5.98. The van der Waals surface area contributed by atoms with Gasteiger partial charge in [-0.15, -0.1) is 0 Å². The van der Waals surface area contributed by atoms with Crippen LogP contribution in [0.15, 0.2) is 67.0 Å². The molecule has 1 atom stereocenters. The molecule has 2 aromatic carbocycles. The van der Waals surface area contributed by atoms with E-state index in [1.807, 2.05) is 53.9 Å². The molecule has 0 aliphatic rings. The summed E-state index contributed by atoms with van der Waals surface area (Å²) in [6, 6.07) is 15.7.